The Balaban J connectivity index is 2.20. The van der Waals surface area contributed by atoms with E-state index < -0.39 is 5.97 Å². The van der Waals surface area contributed by atoms with Gasteiger partial charge in [0.25, 0.3) is 0 Å². The van der Waals surface area contributed by atoms with Crippen molar-refractivity contribution >= 4 is 29.5 Å². The fourth-order valence-corrected chi connectivity index (χ4v) is 2.86. The third-order valence-electron chi connectivity index (χ3n) is 3.11. The average Bonchev–Trinajstić information content (AvgIpc) is 2.34. The Hall–Kier alpha value is -1.24. The van der Waals surface area contributed by atoms with Crippen LogP contribution in [0.25, 0.3) is 0 Å². The first-order chi connectivity index (χ1) is 8.99. The van der Waals surface area contributed by atoms with E-state index in [2.05, 4.69) is 5.32 Å². The van der Waals surface area contributed by atoms with E-state index >= 15 is 0 Å². The lowest BCUT2D eigenvalue weighted by atomic mass is 9.86. The van der Waals surface area contributed by atoms with Crippen LogP contribution < -0.4 is 11.1 Å². The highest BCUT2D eigenvalue weighted by atomic mass is 32.2. The van der Waals surface area contributed by atoms with Gasteiger partial charge in [0.05, 0.1) is 11.7 Å². The number of primary amides is 1. The molecule has 0 aromatic heterocycles. The van der Waals surface area contributed by atoms with Gasteiger partial charge in [-0.3, -0.25) is 14.4 Å². The zero-order valence-corrected chi connectivity index (χ0v) is 11.6. The van der Waals surface area contributed by atoms with Gasteiger partial charge in [-0.15, -0.1) is 0 Å². The summed E-state index contributed by atoms with van der Waals surface area (Å²) < 4.78 is 0. The molecule has 2 amide bonds. The number of thioether (sulfide) groups is 1. The fraction of sp³-hybridized carbons (Fsp3) is 0.750. The number of rotatable bonds is 7. The van der Waals surface area contributed by atoms with Crippen LogP contribution in [0.2, 0.25) is 0 Å². The lowest BCUT2D eigenvalue weighted by Crippen LogP contribution is -2.40. The zero-order valence-electron chi connectivity index (χ0n) is 10.8. The molecule has 0 bridgehead atoms. The summed E-state index contributed by atoms with van der Waals surface area (Å²) in [5, 5.41) is 11.8. The Morgan fingerprint density at radius 1 is 1.32 bits per heavy atom. The average molecular weight is 288 g/mol. The second kappa shape index (κ2) is 8.04. The lowest BCUT2D eigenvalue weighted by molar-refractivity contribution is -0.143. The van der Waals surface area contributed by atoms with Crippen LogP contribution in [0.15, 0.2) is 0 Å². The first-order valence-corrected chi connectivity index (χ1v) is 7.52. The number of carboxylic acids is 1. The van der Waals surface area contributed by atoms with Gasteiger partial charge in [-0.25, -0.2) is 0 Å². The van der Waals surface area contributed by atoms with Crippen molar-refractivity contribution in [1.82, 2.24) is 5.32 Å². The molecule has 108 valence electrons. The topological polar surface area (TPSA) is 109 Å². The summed E-state index contributed by atoms with van der Waals surface area (Å²) in [7, 11) is 0. The van der Waals surface area contributed by atoms with Gasteiger partial charge in [0.15, 0.2) is 0 Å². The maximum absolute atomic E-state index is 11.6. The summed E-state index contributed by atoms with van der Waals surface area (Å²) in [5.74, 6) is -0.837. The van der Waals surface area contributed by atoms with Gasteiger partial charge in [-0.1, -0.05) is 6.42 Å². The Kier molecular flexibility index (Phi) is 6.69. The molecule has 1 rings (SSSR count). The summed E-state index contributed by atoms with van der Waals surface area (Å²) in [6.45, 7) is 0. The van der Waals surface area contributed by atoms with Gasteiger partial charge in [-0.2, -0.15) is 11.8 Å². The molecule has 1 aliphatic rings. The summed E-state index contributed by atoms with van der Waals surface area (Å²) in [6, 6.07) is -0.0384. The van der Waals surface area contributed by atoms with Gasteiger partial charge in [-0.05, 0) is 19.3 Å². The number of hydrogen-bond donors (Lipinski definition) is 3. The maximum atomic E-state index is 11.6. The SMILES string of the molecule is NC(=O)CSCCC(=O)NC1CCCC(C(=O)O)C1. The van der Waals surface area contributed by atoms with Crippen LogP contribution in [0.5, 0.6) is 0 Å². The molecule has 0 heterocycles. The van der Waals surface area contributed by atoms with Crippen molar-refractivity contribution in [3.8, 4) is 0 Å². The third kappa shape index (κ3) is 6.47. The quantitative estimate of drug-likeness (QED) is 0.586. The van der Waals surface area contributed by atoms with Crippen LogP contribution in [0.1, 0.15) is 32.1 Å². The van der Waals surface area contributed by atoms with Crippen molar-refractivity contribution < 1.29 is 19.5 Å². The molecule has 1 aliphatic carbocycles. The molecule has 2 atom stereocenters. The number of carbonyl (C=O) groups excluding carboxylic acids is 2. The normalized spacial score (nSPS) is 22.7. The minimum absolute atomic E-state index is 0.0384. The number of carbonyl (C=O) groups is 3. The number of nitrogens with one attached hydrogen (secondary N) is 1. The van der Waals surface area contributed by atoms with Crippen molar-refractivity contribution in [1.29, 1.82) is 0 Å². The minimum atomic E-state index is -0.782. The molecule has 2 unspecified atom stereocenters. The van der Waals surface area contributed by atoms with Crippen LogP contribution in [0.3, 0.4) is 0 Å². The predicted octanol–water partition coefficient (Wildman–Crippen LogP) is 0.355. The van der Waals surface area contributed by atoms with E-state index in [0.717, 1.165) is 12.8 Å². The van der Waals surface area contributed by atoms with E-state index in [4.69, 9.17) is 10.8 Å². The van der Waals surface area contributed by atoms with Gasteiger partial charge >= 0.3 is 5.97 Å². The first kappa shape index (κ1) is 15.8. The lowest BCUT2D eigenvalue weighted by Gasteiger charge is -2.27. The highest BCUT2D eigenvalue weighted by molar-refractivity contribution is 7.99. The van der Waals surface area contributed by atoms with E-state index in [-0.39, 0.29) is 29.5 Å². The van der Waals surface area contributed by atoms with E-state index in [0.29, 0.717) is 25.0 Å². The van der Waals surface area contributed by atoms with Crippen LogP contribution in [0.4, 0.5) is 0 Å². The molecule has 1 fully saturated rings. The Morgan fingerprint density at radius 3 is 2.68 bits per heavy atom. The second-order valence-electron chi connectivity index (χ2n) is 4.74. The van der Waals surface area contributed by atoms with Crippen molar-refractivity contribution in [3.05, 3.63) is 0 Å². The molecular weight excluding hydrogens is 268 g/mol. The van der Waals surface area contributed by atoms with Gasteiger partial charge in [0.2, 0.25) is 11.8 Å². The highest BCUT2D eigenvalue weighted by Crippen LogP contribution is 2.24. The molecular formula is C12H20N2O4S. The van der Waals surface area contributed by atoms with E-state index in [1.165, 1.54) is 11.8 Å². The smallest absolute Gasteiger partial charge is 0.306 e. The van der Waals surface area contributed by atoms with Crippen LogP contribution >= 0.6 is 11.8 Å². The molecule has 0 spiro atoms. The molecule has 0 aliphatic heterocycles. The largest absolute Gasteiger partial charge is 0.481 e. The Bertz CT molecular complexity index is 349. The van der Waals surface area contributed by atoms with Crippen LogP contribution in [-0.4, -0.2) is 40.4 Å². The van der Waals surface area contributed by atoms with Crippen molar-refractivity contribution in [3.63, 3.8) is 0 Å². The number of nitrogens with two attached hydrogens (primary N) is 1. The molecule has 1 saturated carbocycles. The molecule has 4 N–H and O–H groups in total. The number of carboxylic acid groups (broad SMARTS) is 1. The van der Waals surface area contributed by atoms with Gasteiger partial charge in [0, 0.05) is 18.2 Å². The molecule has 0 aromatic rings. The number of hydrogen-bond acceptors (Lipinski definition) is 4. The molecule has 0 radical (unpaired) electrons. The zero-order chi connectivity index (χ0) is 14.3. The number of aliphatic carboxylic acids is 1. The van der Waals surface area contributed by atoms with Crippen LogP contribution in [0, 0.1) is 5.92 Å². The molecule has 19 heavy (non-hydrogen) atoms. The molecule has 0 saturated heterocycles. The molecule has 7 heteroatoms. The second-order valence-corrected chi connectivity index (χ2v) is 5.84. The fourth-order valence-electron chi connectivity index (χ4n) is 2.18. The maximum Gasteiger partial charge on any atom is 0.306 e. The minimum Gasteiger partial charge on any atom is -0.481 e. The molecule has 6 nitrogen and oxygen atoms in total. The Morgan fingerprint density at radius 2 is 2.05 bits per heavy atom. The van der Waals surface area contributed by atoms with E-state index in [9.17, 15) is 14.4 Å². The standard InChI is InChI=1S/C12H20N2O4S/c13-10(15)7-19-5-4-11(16)14-9-3-1-2-8(6-9)12(17)18/h8-9H,1-7H2,(H2,13,15)(H,14,16)(H,17,18). The summed E-state index contributed by atoms with van der Waals surface area (Å²) >= 11 is 1.33. The van der Waals surface area contributed by atoms with Gasteiger partial charge in [0.1, 0.15) is 0 Å². The van der Waals surface area contributed by atoms with Crippen molar-refractivity contribution in [2.75, 3.05) is 11.5 Å². The third-order valence-corrected chi connectivity index (χ3v) is 4.09. The van der Waals surface area contributed by atoms with Crippen molar-refractivity contribution in [2.24, 2.45) is 11.7 Å². The summed E-state index contributed by atoms with van der Waals surface area (Å²) in [6.07, 6.45) is 3.19. The Labute approximate surface area is 116 Å². The highest BCUT2D eigenvalue weighted by Gasteiger charge is 2.27. The predicted molar refractivity (Wildman–Crippen MR) is 72.7 cm³/mol. The molecule has 0 aromatic carbocycles. The summed E-state index contributed by atoms with van der Waals surface area (Å²) in [5.41, 5.74) is 4.99. The van der Waals surface area contributed by atoms with Crippen molar-refractivity contribution in [2.45, 2.75) is 38.1 Å². The van der Waals surface area contributed by atoms with Crippen LogP contribution in [-0.2, 0) is 14.4 Å². The first-order valence-electron chi connectivity index (χ1n) is 6.37. The summed E-state index contributed by atoms with van der Waals surface area (Å²) in [4.78, 5) is 33.1. The monoisotopic (exact) mass is 288 g/mol. The number of amides is 2. The van der Waals surface area contributed by atoms with Gasteiger partial charge < -0.3 is 16.2 Å². The van der Waals surface area contributed by atoms with E-state index in [1.54, 1.807) is 0 Å². The van der Waals surface area contributed by atoms with E-state index in [1.807, 2.05) is 0 Å².